The van der Waals surface area contributed by atoms with Gasteiger partial charge in [0.15, 0.2) is 0 Å². The second-order valence-corrected chi connectivity index (χ2v) is 6.45. The molecule has 4 nitrogen and oxygen atoms in total. The SMILES string of the molecule is C=CCNC(=O)c1csc(-c2ccc(OCc3cccc(F)c3)cc2F)n1. The van der Waals surface area contributed by atoms with Gasteiger partial charge in [0, 0.05) is 23.6 Å². The predicted molar refractivity (Wildman–Crippen MR) is 101 cm³/mol. The lowest BCUT2D eigenvalue weighted by Crippen LogP contribution is -2.23. The summed E-state index contributed by atoms with van der Waals surface area (Å²) >= 11 is 1.18. The minimum absolute atomic E-state index is 0.126. The molecule has 0 saturated carbocycles. The number of rotatable bonds is 7. The van der Waals surface area contributed by atoms with E-state index in [1.54, 1.807) is 35.7 Å². The molecule has 3 aromatic rings. The summed E-state index contributed by atoms with van der Waals surface area (Å²) in [6, 6.07) is 10.4. The van der Waals surface area contributed by atoms with Crippen molar-refractivity contribution in [3.8, 4) is 16.3 Å². The minimum Gasteiger partial charge on any atom is -0.489 e. The monoisotopic (exact) mass is 386 g/mol. The molecule has 1 heterocycles. The summed E-state index contributed by atoms with van der Waals surface area (Å²) in [6.07, 6.45) is 1.56. The van der Waals surface area contributed by atoms with Crippen LogP contribution in [-0.4, -0.2) is 17.4 Å². The number of nitrogens with zero attached hydrogens (tertiary/aromatic N) is 1. The maximum atomic E-state index is 14.5. The lowest BCUT2D eigenvalue weighted by Gasteiger charge is -2.08. The number of carbonyl (C=O) groups excluding carboxylic acids is 1. The molecule has 0 bridgehead atoms. The summed E-state index contributed by atoms with van der Waals surface area (Å²) in [5.74, 6) is -0.887. The Hall–Kier alpha value is -3.06. The lowest BCUT2D eigenvalue weighted by molar-refractivity contribution is 0.0954. The Morgan fingerprint density at radius 1 is 1.26 bits per heavy atom. The lowest BCUT2D eigenvalue weighted by atomic mass is 10.2. The zero-order valence-corrected chi connectivity index (χ0v) is 15.1. The Morgan fingerprint density at radius 2 is 2.11 bits per heavy atom. The molecule has 0 aliphatic carbocycles. The summed E-state index contributed by atoms with van der Waals surface area (Å²) in [5, 5.41) is 4.59. The van der Waals surface area contributed by atoms with E-state index in [1.807, 2.05) is 0 Å². The molecule has 0 aliphatic heterocycles. The van der Waals surface area contributed by atoms with E-state index >= 15 is 0 Å². The fourth-order valence-electron chi connectivity index (χ4n) is 2.31. The zero-order valence-electron chi connectivity index (χ0n) is 14.2. The van der Waals surface area contributed by atoms with Gasteiger partial charge in [-0.25, -0.2) is 13.8 Å². The number of halogens is 2. The van der Waals surface area contributed by atoms with Crippen LogP contribution in [0.3, 0.4) is 0 Å². The number of aromatic nitrogens is 1. The quantitative estimate of drug-likeness (QED) is 0.605. The smallest absolute Gasteiger partial charge is 0.271 e. The van der Waals surface area contributed by atoms with E-state index in [2.05, 4.69) is 16.9 Å². The highest BCUT2D eigenvalue weighted by Crippen LogP contribution is 2.29. The Morgan fingerprint density at radius 3 is 2.85 bits per heavy atom. The van der Waals surface area contributed by atoms with Crippen LogP contribution in [0, 0.1) is 11.6 Å². The van der Waals surface area contributed by atoms with Crippen molar-refractivity contribution in [3.05, 3.63) is 83.4 Å². The highest BCUT2D eigenvalue weighted by Gasteiger charge is 2.14. The van der Waals surface area contributed by atoms with Gasteiger partial charge in [-0.15, -0.1) is 17.9 Å². The normalized spacial score (nSPS) is 10.4. The van der Waals surface area contributed by atoms with Crippen LogP contribution in [0.25, 0.3) is 10.6 Å². The molecule has 2 aromatic carbocycles. The van der Waals surface area contributed by atoms with Crippen molar-refractivity contribution in [1.82, 2.24) is 10.3 Å². The van der Waals surface area contributed by atoms with Gasteiger partial charge in [0.05, 0.1) is 0 Å². The third-order valence-corrected chi connectivity index (χ3v) is 4.48. The Balaban J connectivity index is 1.70. The van der Waals surface area contributed by atoms with Gasteiger partial charge in [-0.1, -0.05) is 18.2 Å². The minimum atomic E-state index is -0.515. The van der Waals surface area contributed by atoms with E-state index in [0.29, 0.717) is 22.9 Å². The molecule has 1 aromatic heterocycles. The van der Waals surface area contributed by atoms with E-state index in [0.717, 1.165) is 0 Å². The molecular formula is C20H16F2N2O2S. The molecule has 7 heteroatoms. The number of amides is 1. The number of hydrogen-bond donors (Lipinski definition) is 1. The molecule has 0 fully saturated rings. The molecule has 0 saturated heterocycles. The molecule has 1 amide bonds. The number of nitrogens with one attached hydrogen (secondary N) is 1. The van der Waals surface area contributed by atoms with Crippen LogP contribution in [-0.2, 0) is 6.61 Å². The fraction of sp³-hybridized carbons (Fsp3) is 0.100. The van der Waals surface area contributed by atoms with Gasteiger partial charge < -0.3 is 10.1 Å². The number of ether oxygens (including phenoxy) is 1. The second kappa shape index (κ2) is 8.55. The number of thiazole rings is 1. The van der Waals surface area contributed by atoms with Gasteiger partial charge in [-0.3, -0.25) is 4.79 Å². The Bertz CT molecular complexity index is 972. The van der Waals surface area contributed by atoms with Gasteiger partial charge in [0.2, 0.25) is 0 Å². The molecule has 0 radical (unpaired) electrons. The van der Waals surface area contributed by atoms with Crippen LogP contribution in [0.1, 0.15) is 16.1 Å². The topological polar surface area (TPSA) is 51.2 Å². The average molecular weight is 386 g/mol. The highest BCUT2D eigenvalue weighted by atomic mass is 32.1. The van der Waals surface area contributed by atoms with E-state index in [4.69, 9.17) is 4.74 Å². The predicted octanol–water partition coefficient (Wildman–Crippen LogP) is 4.58. The first-order chi connectivity index (χ1) is 13.1. The standard InChI is InChI=1S/C20H16F2N2O2S/c1-2-8-23-19(25)18-12-27-20(24-18)16-7-6-15(10-17(16)22)26-11-13-4-3-5-14(21)9-13/h2-7,9-10,12H,1,8,11H2,(H,23,25). The Kier molecular flexibility index (Phi) is 5.93. The molecule has 0 spiro atoms. The summed E-state index contributed by atoms with van der Waals surface area (Å²) in [4.78, 5) is 16.1. The van der Waals surface area contributed by atoms with Crippen LogP contribution in [0.5, 0.6) is 5.75 Å². The van der Waals surface area contributed by atoms with E-state index in [-0.39, 0.29) is 29.6 Å². The van der Waals surface area contributed by atoms with Crippen molar-refractivity contribution in [2.24, 2.45) is 0 Å². The first-order valence-electron chi connectivity index (χ1n) is 8.08. The first kappa shape index (κ1) is 18.7. The van der Waals surface area contributed by atoms with Crippen LogP contribution >= 0.6 is 11.3 Å². The molecule has 3 rings (SSSR count). The molecule has 1 N–H and O–H groups in total. The summed E-state index contributed by atoms with van der Waals surface area (Å²) in [7, 11) is 0. The second-order valence-electron chi connectivity index (χ2n) is 5.60. The van der Waals surface area contributed by atoms with Crippen molar-refractivity contribution in [2.45, 2.75) is 6.61 Å². The number of benzene rings is 2. The van der Waals surface area contributed by atoms with Gasteiger partial charge in [0.1, 0.15) is 34.7 Å². The third-order valence-electron chi connectivity index (χ3n) is 3.61. The van der Waals surface area contributed by atoms with E-state index in [1.165, 1.54) is 29.5 Å². The highest BCUT2D eigenvalue weighted by molar-refractivity contribution is 7.13. The van der Waals surface area contributed by atoms with Crippen molar-refractivity contribution >= 4 is 17.2 Å². The van der Waals surface area contributed by atoms with Gasteiger partial charge in [-0.2, -0.15) is 0 Å². The van der Waals surface area contributed by atoms with E-state index in [9.17, 15) is 13.6 Å². The largest absolute Gasteiger partial charge is 0.489 e. The Labute approximate surface area is 159 Å². The third kappa shape index (κ3) is 4.77. The van der Waals surface area contributed by atoms with Gasteiger partial charge in [-0.05, 0) is 29.8 Å². The molecule has 0 aliphatic rings. The van der Waals surface area contributed by atoms with Crippen LogP contribution < -0.4 is 10.1 Å². The first-order valence-corrected chi connectivity index (χ1v) is 8.96. The number of carbonyl (C=O) groups is 1. The zero-order chi connectivity index (χ0) is 19.2. The van der Waals surface area contributed by atoms with Gasteiger partial charge >= 0.3 is 0 Å². The van der Waals surface area contributed by atoms with Crippen molar-refractivity contribution < 1.29 is 18.3 Å². The molecule has 138 valence electrons. The summed E-state index contributed by atoms with van der Waals surface area (Å²) in [6.45, 7) is 3.98. The fourth-order valence-corrected chi connectivity index (χ4v) is 3.14. The maximum absolute atomic E-state index is 14.5. The number of hydrogen-bond acceptors (Lipinski definition) is 4. The molecule has 0 unspecified atom stereocenters. The van der Waals surface area contributed by atoms with Crippen molar-refractivity contribution in [3.63, 3.8) is 0 Å². The van der Waals surface area contributed by atoms with Crippen molar-refractivity contribution in [2.75, 3.05) is 6.54 Å². The van der Waals surface area contributed by atoms with Crippen LogP contribution in [0.2, 0.25) is 0 Å². The summed E-state index contributed by atoms with van der Waals surface area (Å²) in [5.41, 5.74) is 1.15. The van der Waals surface area contributed by atoms with Crippen LogP contribution in [0.15, 0.2) is 60.5 Å². The summed E-state index contributed by atoms with van der Waals surface area (Å²) < 4.78 is 33.1. The maximum Gasteiger partial charge on any atom is 0.271 e. The molecule has 27 heavy (non-hydrogen) atoms. The van der Waals surface area contributed by atoms with E-state index < -0.39 is 5.82 Å². The van der Waals surface area contributed by atoms with Crippen LogP contribution in [0.4, 0.5) is 8.78 Å². The molecular weight excluding hydrogens is 370 g/mol. The van der Waals surface area contributed by atoms with Crippen molar-refractivity contribution in [1.29, 1.82) is 0 Å². The average Bonchev–Trinajstić information content (AvgIpc) is 3.14. The molecule has 0 atom stereocenters. The van der Waals surface area contributed by atoms with Gasteiger partial charge in [0.25, 0.3) is 5.91 Å².